The molecule has 0 radical (unpaired) electrons. The van der Waals surface area contributed by atoms with Crippen LogP contribution in [-0.2, 0) is 4.74 Å². The predicted octanol–water partition coefficient (Wildman–Crippen LogP) is 4.41. The zero-order valence-corrected chi connectivity index (χ0v) is 15.4. The summed E-state index contributed by atoms with van der Waals surface area (Å²) in [6.07, 6.45) is 0. The van der Waals surface area contributed by atoms with Gasteiger partial charge >= 0.3 is 0 Å². The van der Waals surface area contributed by atoms with Crippen molar-refractivity contribution >= 4 is 40.4 Å². The molecule has 23 heavy (non-hydrogen) atoms. The molecule has 0 bridgehead atoms. The van der Waals surface area contributed by atoms with E-state index in [0.29, 0.717) is 10.0 Å². The summed E-state index contributed by atoms with van der Waals surface area (Å²) >= 11 is 18.0. The monoisotopic (exact) mass is 368 g/mol. The van der Waals surface area contributed by atoms with Crippen LogP contribution in [0.25, 0.3) is 5.69 Å². The molecule has 0 saturated carbocycles. The van der Waals surface area contributed by atoms with Gasteiger partial charge in [-0.15, -0.1) is 0 Å². The van der Waals surface area contributed by atoms with E-state index in [9.17, 15) is 0 Å². The fourth-order valence-corrected chi connectivity index (χ4v) is 3.89. The average molecular weight is 369 g/mol. The number of aromatic nitrogens is 1. The van der Waals surface area contributed by atoms with Crippen LogP contribution >= 0.6 is 35.4 Å². The van der Waals surface area contributed by atoms with E-state index in [-0.39, 0.29) is 0 Å². The van der Waals surface area contributed by atoms with Gasteiger partial charge in [0, 0.05) is 45.8 Å². The summed E-state index contributed by atoms with van der Waals surface area (Å²) in [7, 11) is 0. The number of morpholine rings is 1. The van der Waals surface area contributed by atoms with Crippen LogP contribution in [0.1, 0.15) is 17.0 Å². The lowest BCUT2D eigenvalue weighted by Crippen LogP contribution is -2.40. The second-order valence-corrected chi connectivity index (χ2v) is 6.91. The number of halogens is 2. The number of thiocarbonyl (C=S) groups is 1. The maximum absolute atomic E-state index is 6.15. The fourth-order valence-electron chi connectivity index (χ4n) is 2.98. The van der Waals surface area contributed by atoms with E-state index in [2.05, 4.69) is 29.4 Å². The Morgan fingerprint density at radius 1 is 1.04 bits per heavy atom. The molecule has 122 valence electrons. The predicted molar refractivity (Wildman–Crippen MR) is 99.4 cm³/mol. The smallest absolute Gasteiger partial charge is 0.111 e. The van der Waals surface area contributed by atoms with Gasteiger partial charge in [0.2, 0.25) is 0 Å². The first kappa shape index (κ1) is 16.8. The topological polar surface area (TPSA) is 17.4 Å². The molecule has 3 nitrogen and oxygen atoms in total. The summed E-state index contributed by atoms with van der Waals surface area (Å²) in [5, 5.41) is 1.25. The fraction of sp³-hybridized carbons (Fsp3) is 0.353. The van der Waals surface area contributed by atoms with Gasteiger partial charge in [0.05, 0.1) is 13.2 Å². The molecular weight excluding hydrogens is 351 g/mol. The van der Waals surface area contributed by atoms with Crippen molar-refractivity contribution in [3.05, 3.63) is 51.3 Å². The molecule has 3 rings (SSSR count). The number of ether oxygens (including phenoxy) is 1. The molecule has 6 heteroatoms. The molecule has 2 aromatic rings. The molecule has 0 unspecified atom stereocenters. The summed E-state index contributed by atoms with van der Waals surface area (Å²) in [4.78, 5) is 3.08. The largest absolute Gasteiger partial charge is 0.378 e. The molecule has 0 aliphatic carbocycles. The van der Waals surface area contributed by atoms with Crippen molar-refractivity contribution in [2.45, 2.75) is 13.8 Å². The van der Waals surface area contributed by atoms with Crippen molar-refractivity contribution in [3.8, 4) is 5.69 Å². The van der Waals surface area contributed by atoms with Gasteiger partial charge in [-0.25, -0.2) is 0 Å². The van der Waals surface area contributed by atoms with Gasteiger partial charge in [-0.2, -0.15) is 0 Å². The first-order chi connectivity index (χ1) is 11.0. The number of hydrogen-bond donors (Lipinski definition) is 0. The third kappa shape index (κ3) is 3.41. The maximum Gasteiger partial charge on any atom is 0.111 e. The van der Waals surface area contributed by atoms with Crippen LogP contribution in [-0.4, -0.2) is 40.8 Å². The van der Waals surface area contributed by atoms with E-state index in [4.69, 9.17) is 40.2 Å². The van der Waals surface area contributed by atoms with E-state index in [1.807, 2.05) is 12.1 Å². The Labute approximate surface area is 151 Å². The molecule has 0 N–H and O–H groups in total. The first-order valence-corrected chi connectivity index (χ1v) is 8.66. The van der Waals surface area contributed by atoms with Crippen molar-refractivity contribution in [1.29, 1.82) is 0 Å². The second kappa shape index (κ2) is 6.81. The lowest BCUT2D eigenvalue weighted by molar-refractivity contribution is 0.0692. The van der Waals surface area contributed by atoms with Gasteiger partial charge in [0.25, 0.3) is 0 Å². The minimum absolute atomic E-state index is 0.623. The van der Waals surface area contributed by atoms with Gasteiger partial charge < -0.3 is 14.2 Å². The third-order valence-corrected chi connectivity index (χ3v) is 4.98. The number of nitrogens with zero attached hydrogens (tertiary/aromatic N) is 2. The highest BCUT2D eigenvalue weighted by Crippen LogP contribution is 2.27. The summed E-state index contributed by atoms with van der Waals surface area (Å²) in [5.74, 6) is 0. The molecule has 0 spiro atoms. The molecule has 1 aromatic carbocycles. The van der Waals surface area contributed by atoms with E-state index < -0.39 is 0 Å². The van der Waals surface area contributed by atoms with Gasteiger partial charge in [-0.1, -0.05) is 35.4 Å². The van der Waals surface area contributed by atoms with Crippen molar-refractivity contribution in [2.75, 3.05) is 26.3 Å². The molecule has 1 aromatic heterocycles. The highest BCUT2D eigenvalue weighted by molar-refractivity contribution is 7.80. The number of rotatable bonds is 2. The third-order valence-electron chi connectivity index (χ3n) is 4.07. The molecule has 0 amide bonds. The number of hydrogen-bond acceptors (Lipinski definition) is 2. The number of benzene rings is 1. The summed E-state index contributed by atoms with van der Waals surface area (Å²) in [6.45, 7) is 7.26. The Morgan fingerprint density at radius 2 is 1.65 bits per heavy atom. The molecule has 1 saturated heterocycles. The van der Waals surface area contributed by atoms with E-state index in [1.54, 1.807) is 6.07 Å². The zero-order chi connectivity index (χ0) is 16.6. The van der Waals surface area contributed by atoms with Crippen LogP contribution in [0.3, 0.4) is 0 Å². The average Bonchev–Trinajstić information content (AvgIpc) is 2.81. The van der Waals surface area contributed by atoms with Crippen molar-refractivity contribution in [2.24, 2.45) is 0 Å². The molecule has 2 heterocycles. The second-order valence-electron chi connectivity index (χ2n) is 5.65. The lowest BCUT2D eigenvalue weighted by Gasteiger charge is -2.29. The molecule has 1 aliphatic rings. The lowest BCUT2D eigenvalue weighted by atomic mass is 10.2. The Hall–Kier alpha value is -1.07. The van der Waals surface area contributed by atoms with Crippen molar-refractivity contribution in [1.82, 2.24) is 9.47 Å². The number of aryl methyl sites for hydroxylation is 1. The Morgan fingerprint density at radius 3 is 2.26 bits per heavy atom. The quantitative estimate of drug-likeness (QED) is 0.731. The summed E-state index contributed by atoms with van der Waals surface area (Å²) in [6, 6.07) is 7.69. The van der Waals surface area contributed by atoms with Gasteiger partial charge in [-0.05, 0) is 38.1 Å². The van der Waals surface area contributed by atoms with Gasteiger partial charge in [0.15, 0.2) is 0 Å². The van der Waals surface area contributed by atoms with Crippen LogP contribution in [0.4, 0.5) is 0 Å². The van der Waals surface area contributed by atoms with E-state index in [1.165, 1.54) is 0 Å². The van der Waals surface area contributed by atoms with Crippen LogP contribution in [0.2, 0.25) is 10.0 Å². The van der Waals surface area contributed by atoms with Crippen LogP contribution < -0.4 is 0 Å². The van der Waals surface area contributed by atoms with Crippen LogP contribution in [0.5, 0.6) is 0 Å². The highest BCUT2D eigenvalue weighted by atomic mass is 35.5. The van der Waals surface area contributed by atoms with Crippen LogP contribution in [0, 0.1) is 13.8 Å². The molecule has 0 atom stereocenters. The minimum Gasteiger partial charge on any atom is -0.378 e. The Kier molecular flexibility index (Phi) is 4.97. The molecular formula is C17H18Cl2N2OS. The van der Waals surface area contributed by atoms with Crippen molar-refractivity contribution < 1.29 is 4.74 Å². The van der Waals surface area contributed by atoms with E-state index in [0.717, 1.165) is 53.9 Å². The summed E-state index contributed by atoms with van der Waals surface area (Å²) in [5.41, 5.74) is 4.23. The normalized spacial score (nSPS) is 15.0. The Bertz CT molecular complexity index is 731. The van der Waals surface area contributed by atoms with Gasteiger partial charge in [0.1, 0.15) is 4.99 Å². The SMILES string of the molecule is Cc1cc(C(=S)N2CCOCC2)c(C)n1-c1cc(Cl)cc(Cl)c1. The Balaban J connectivity index is 2.00. The molecule has 1 aliphatic heterocycles. The molecule has 1 fully saturated rings. The van der Waals surface area contributed by atoms with Crippen LogP contribution in [0.15, 0.2) is 24.3 Å². The minimum atomic E-state index is 0.623. The standard InChI is InChI=1S/C17H18Cl2N2OS/c1-11-7-16(17(23)20-3-5-22-6-4-20)12(2)21(11)15-9-13(18)8-14(19)10-15/h7-10H,3-6H2,1-2H3. The maximum atomic E-state index is 6.15. The zero-order valence-electron chi connectivity index (χ0n) is 13.1. The van der Waals surface area contributed by atoms with Crippen molar-refractivity contribution in [3.63, 3.8) is 0 Å². The van der Waals surface area contributed by atoms with Gasteiger partial charge in [-0.3, -0.25) is 0 Å². The summed E-state index contributed by atoms with van der Waals surface area (Å²) < 4.78 is 7.54. The first-order valence-electron chi connectivity index (χ1n) is 7.50. The van der Waals surface area contributed by atoms with E-state index >= 15 is 0 Å². The highest BCUT2D eigenvalue weighted by Gasteiger charge is 2.20.